The molecule has 1 heterocycles. The van der Waals surface area contributed by atoms with Gasteiger partial charge in [-0.3, -0.25) is 0 Å². The van der Waals surface area contributed by atoms with E-state index in [0.717, 1.165) is 38.2 Å². The van der Waals surface area contributed by atoms with Crippen LogP contribution in [0.25, 0.3) is 0 Å². The fraction of sp³-hybridized carbons (Fsp3) is 0.600. The number of hydrogen-bond acceptors (Lipinski definition) is 3. The van der Waals surface area contributed by atoms with Gasteiger partial charge < -0.3 is 14.8 Å². The third-order valence-corrected chi connectivity index (χ3v) is 3.71. The fourth-order valence-corrected chi connectivity index (χ4v) is 2.40. The zero-order valence-corrected chi connectivity index (χ0v) is 12.0. The van der Waals surface area contributed by atoms with Gasteiger partial charge in [-0.2, -0.15) is 0 Å². The van der Waals surface area contributed by atoms with Crippen LogP contribution in [0.1, 0.15) is 25.3 Å². The molecule has 0 spiro atoms. The molecule has 2 rings (SSSR count). The van der Waals surface area contributed by atoms with E-state index in [0.29, 0.717) is 6.54 Å². The summed E-state index contributed by atoms with van der Waals surface area (Å²) < 4.78 is 45.8. The number of halogens is 3. The van der Waals surface area contributed by atoms with Crippen LogP contribution in [0.5, 0.6) is 5.75 Å². The van der Waals surface area contributed by atoms with Crippen LogP contribution < -0.4 is 10.1 Å². The van der Waals surface area contributed by atoms with Crippen molar-refractivity contribution in [2.75, 3.05) is 19.8 Å². The van der Waals surface area contributed by atoms with E-state index in [9.17, 15) is 13.2 Å². The van der Waals surface area contributed by atoms with Crippen molar-refractivity contribution in [3.8, 4) is 5.75 Å². The molecule has 118 valence electrons. The highest BCUT2D eigenvalue weighted by atomic mass is 19.4. The van der Waals surface area contributed by atoms with Crippen LogP contribution in [0, 0.1) is 5.41 Å². The molecule has 0 aromatic heterocycles. The van der Waals surface area contributed by atoms with Gasteiger partial charge in [0.15, 0.2) is 0 Å². The molecule has 0 radical (unpaired) electrons. The van der Waals surface area contributed by atoms with Crippen molar-refractivity contribution in [2.24, 2.45) is 5.41 Å². The van der Waals surface area contributed by atoms with Gasteiger partial charge in [0.05, 0.1) is 0 Å². The standard InChI is InChI=1S/C15H20F3NO2/c1-14(5-7-20-8-6-14)11-19-10-12-3-2-4-13(9-12)21-15(16,17)18/h2-4,9,19H,5-8,10-11H2,1H3. The Hall–Kier alpha value is -1.27. The first-order valence-corrected chi connectivity index (χ1v) is 7.00. The summed E-state index contributed by atoms with van der Waals surface area (Å²) in [4.78, 5) is 0. The molecule has 1 aromatic rings. The number of ether oxygens (including phenoxy) is 2. The quantitative estimate of drug-likeness (QED) is 0.903. The Labute approximate surface area is 122 Å². The van der Waals surface area contributed by atoms with Crippen molar-refractivity contribution >= 4 is 0 Å². The first kappa shape index (κ1) is 16.1. The maximum atomic E-state index is 12.2. The minimum absolute atomic E-state index is 0.181. The third-order valence-electron chi connectivity index (χ3n) is 3.71. The van der Waals surface area contributed by atoms with Crippen LogP contribution in [0.2, 0.25) is 0 Å². The van der Waals surface area contributed by atoms with E-state index in [-0.39, 0.29) is 11.2 Å². The van der Waals surface area contributed by atoms with Crippen molar-refractivity contribution in [3.63, 3.8) is 0 Å². The summed E-state index contributed by atoms with van der Waals surface area (Å²) in [6.45, 7) is 5.08. The lowest BCUT2D eigenvalue weighted by Gasteiger charge is -2.33. The number of benzene rings is 1. The zero-order chi connectivity index (χ0) is 15.3. The van der Waals surface area contributed by atoms with E-state index >= 15 is 0 Å². The van der Waals surface area contributed by atoms with E-state index in [4.69, 9.17) is 4.74 Å². The molecular formula is C15H20F3NO2. The topological polar surface area (TPSA) is 30.5 Å². The van der Waals surface area contributed by atoms with Crippen LogP contribution in [0.3, 0.4) is 0 Å². The molecule has 0 atom stereocenters. The van der Waals surface area contributed by atoms with Crippen LogP contribution in [-0.4, -0.2) is 26.1 Å². The van der Waals surface area contributed by atoms with Gasteiger partial charge in [0.2, 0.25) is 0 Å². The molecular weight excluding hydrogens is 283 g/mol. The van der Waals surface area contributed by atoms with Gasteiger partial charge in [-0.05, 0) is 36.0 Å². The second-order valence-corrected chi connectivity index (χ2v) is 5.72. The number of alkyl halides is 3. The molecule has 6 heteroatoms. The van der Waals surface area contributed by atoms with Crippen molar-refractivity contribution in [1.82, 2.24) is 5.32 Å². The minimum atomic E-state index is -4.65. The summed E-state index contributed by atoms with van der Waals surface area (Å²) in [5.41, 5.74) is 0.964. The predicted octanol–water partition coefficient (Wildman–Crippen LogP) is 3.49. The molecule has 1 aliphatic heterocycles. The molecule has 1 saturated heterocycles. The number of rotatable bonds is 5. The van der Waals surface area contributed by atoms with Crippen LogP contribution in [0.15, 0.2) is 24.3 Å². The molecule has 3 nitrogen and oxygen atoms in total. The first-order chi connectivity index (χ1) is 9.86. The Morgan fingerprint density at radius 1 is 1.29 bits per heavy atom. The highest BCUT2D eigenvalue weighted by Gasteiger charge is 2.31. The van der Waals surface area contributed by atoms with Crippen molar-refractivity contribution in [2.45, 2.75) is 32.7 Å². The second kappa shape index (κ2) is 6.66. The second-order valence-electron chi connectivity index (χ2n) is 5.72. The molecule has 0 aliphatic carbocycles. The van der Waals surface area contributed by atoms with Crippen molar-refractivity contribution in [3.05, 3.63) is 29.8 Å². The average Bonchev–Trinajstić information content (AvgIpc) is 2.38. The van der Waals surface area contributed by atoms with Gasteiger partial charge in [0.1, 0.15) is 5.75 Å². The van der Waals surface area contributed by atoms with Gasteiger partial charge in [0, 0.05) is 26.3 Å². The normalized spacial score (nSPS) is 18.5. The highest BCUT2D eigenvalue weighted by Crippen LogP contribution is 2.29. The molecule has 1 N–H and O–H groups in total. The molecule has 21 heavy (non-hydrogen) atoms. The lowest BCUT2D eigenvalue weighted by atomic mass is 9.82. The van der Waals surface area contributed by atoms with E-state index < -0.39 is 6.36 Å². The fourth-order valence-electron chi connectivity index (χ4n) is 2.40. The van der Waals surface area contributed by atoms with Crippen LogP contribution in [0.4, 0.5) is 13.2 Å². The van der Waals surface area contributed by atoms with E-state index in [1.54, 1.807) is 12.1 Å². The Kier molecular flexibility index (Phi) is 5.11. The lowest BCUT2D eigenvalue weighted by Crippen LogP contribution is -2.36. The molecule has 0 amide bonds. The summed E-state index contributed by atoms with van der Waals surface area (Å²) in [6.07, 6.45) is -2.66. The lowest BCUT2D eigenvalue weighted by molar-refractivity contribution is -0.274. The largest absolute Gasteiger partial charge is 0.573 e. The maximum absolute atomic E-state index is 12.2. The van der Waals surface area contributed by atoms with Gasteiger partial charge in [0.25, 0.3) is 0 Å². The maximum Gasteiger partial charge on any atom is 0.573 e. The smallest absolute Gasteiger partial charge is 0.406 e. The van der Waals surface area contributed by atoms with Crippen LogP contribution >= 0.6 is 0 Å². The van der Waals surface area contributed by atoms with Gasteiger partial charge in [-0.25, -0.2) is 0 Å². The summed E-state index contributed by atoms with van der Waals surface area (Å²) in [6, 6.07) is 6.06. The molecule has 0 saturated carbocycles. The van der Waals surface area contributed by atoms with E-state index in [1.807, 2.05) is 0 Å². The van der Waals surface area contributed by atoms with E-state index in [1.165, 1.54) is 12.1 Å². The number of nitrogens with one attached hydrogen (secondary N) is 1. The minimum Gasteiger partial charge on any atom is -0.406 e. The molecule has 0 bridgehead atoms. The average molecular weight is 303 g/mol. The van der Waals surface area contributed by atoms with Crippen LogP contribution in [-0.2, 0) is 11.3 Å². The Balaban J connectivity index is 1.84. The molecule has 1 aromatic carbocycles. The summed E-state index contributed by atoms with van der Waals surface area (Å²) in [5, 5.41) is 3.31. The third kappa shape index (κ3) is 5.55. The SMILES string of the molecule is CC1(CNCc2cccc(OC(F)(F)F)c2)CCOCC1. The Morgan fingerprint density at radius 2 is 2.00 bits per heavy atom. The summed E-state index contributed by atoms with van der Waals surface area (Å²) in [5.74, 6) is -0.181. The van der Waals surface area contributed by atoms with Crippen molar-refractivity contribution < 1.29 is 22.6 Å². The van der Waals surface area contributed by atoms with Gasteiger partial charge >= 0.3 is 6.36 Å². The summed E-state index contributed by atoms with van der Waals surface area (Å²) >= 11 is 0. The van der Waals surface area contributed by atoms with Gasteiger partial charge in [-0.15, -0.1) is 13.2 Å². The molecule has 1 fully saturated rings. The first-order valence-electron chi connectivity index (χ1n) is 7.00. The highest BCUT2D eigenvalue weighted by molar-refractivity contribution is 5.28. The predicted molar refractivity (Wildman–Crippen MR) is 73.0 cm³/mol. The number of hydrogen-bond donors (Lipinski definition) is 1. The Morgan fingerprint density at radius 3 is 2.67 bits per heavy atom. The zero-order valence-electron chi connectivity index (χ0n) is 12.0. The Bertz CT molecular complexity index is 456. The van der Waals surface area contributed by atoms with Gasteiger partial charge in [-0.1, -0.05) is 19.1 Å². The molecule has 0 unspecified atom stereocenters. The van der Waals surface area contributed by atoms with Crippen molar-refractivity contribution in [1.29, 1.82) is 0 Å². The molecule has 1 aliphatic rings. The monoisotopic (exact) mass is 303 g/mol. The van der Waals surface area contributed by atoms with E-state index in [2.05, 4.69) is 17.0 Å². The summed E-state index contributed by atoms with van der Waals surface area (Å²) in [7, 11) is 0.